The number of allylic oxidation sites excluding steroid dienone is 2. The Labute approximate surface area is 84.7 Å². The molecule has 1 heterocycles. The highest BCUT2D eigenvalue weighted by Gasteiger charge is 2.04. The molecule has 72 valence electrons. The van der Waals surface area contributed by atoms with Gasteiger partial charge in [0.15, 0.2) is 0 Å². The average molecular weight is 185 g/mol. The van der Waals surface area contributed by atoms with E-state index in [1.807, 2.05) is 0 Å². The van der Waals surface area contributed by atoms with E-state index in [0.29, 0.717) is 0 Å². The maximum Gasteiger partial charge on any atom is 0.0482 e. The van der Waals surface area contributed by atoms with Gasteiger partial charge in [0, 0.05) is 23.6 Å². The van der Waals surface area contributed by atoms with Crippen LogP contribution in [0.25, 0.3) is 16.5 Å². The van der Waals surface area contributed by atoms with E-state index in [-0.39, 0.29) is 0 Å². The summed E-state index contributed by atoms with van der Waals surface area (Å²) in [5.41, 5.74) is 3.92. The van der Waals surface area contributed by atoms with Crippen molar-refractivity contribution in [3.63, 3.8) is 0 Å². The molecule has 1 aromatic carbocycles. The van der Waals surface area contributed by atoms with E-state index in [0.717, 1.165) is 0 Å². The number of aromatic nitrogens is 1. The Kier molecular flexibility index (Phi) is 2.16. The van der Waals surface area contributed by atoms with Gasteiger partial charge in [-0.3, -0.25) is 0 Å². The molecular formula is C13H15N. The molecule has 0 atom stereocenters. The Balaban J connectivity index is 2.75. The molecule has 0 saturated heterocycles. The third-order valence-corrected chi connectivity index (χ3v) is 2.79. The number of nitrogens with zero attached hydrogens (tertiary/aromatic N) is 1. The summed E-state index contributed by atoms with van der Waals surface area (Å²) in [7, 11) is 2.12. The van der Waals surface area contributed by atoms with Crippen molar-refractivity contribution in [1.82, 2.24) is 4.57 Å². The van der Waals surface area contributed by atoms with Gasteiger partial charge in [-0.2, -0.15) is 0 Å². The topological polar surface area (TPSA) is 4.93 Å². The van der Waals surface area contributed by atoms with Crippen molar-refractivity contribution < 1.29 is 0 Å². The largest absolute Gasteiger partial charge is 0.344 e. The summed E-state index contributed by atoms with van der Waals surface area (Å²) in [6.07, 6.45) is 2.15. The van der Waals surface area contributed by atoms with E-state index in [1.165, 1.54) is 22.2 Å². The van der Waals surface area contributed by atoms with Crippen LogP contribution in [0.4, 0.5) is 0 Å². The van der Waals surface area contributed by atoms with Crippen LogP contribution in [0.3, 0.4) is 0 Å². The van der Waals surface area contributed by atoms with E-state index in [1.54, 1.807) is 0 Å². The fraction of sp³-hybridized carbons (Fsp3) is 0.231. The van der Waals surface area contributed by atoms with Crippen LogP contribution in [-0.2, 0) is 7.05 Å². The van der Waals surface area contributed by atoms with Crippen LogP contribution in [0.1, 0.15) is 19.5 Å². The van der Waals surface area contributed by atoms with Crippen LogP contribution >= 0.6 is 0 Å². The Morgan fingerprint density at radius 3 is 2.64 bits per heavy atom. The zero-order chi connectivity index (χ0) is 10.1. The lowest BCUT2D eigenvalue weighted by Gasteiger charge is -2.03. The second kappa shape index (κ2) is 3.33. The molecule has 0 radical (unpaired) electrons. The van der Waals surface area contributed by atoms with Crippen LogP contribution in [0.2, 0.25) is 0 Å². The summed E-state index contributed by atoms with van der Waals surface area (Å²) in [6.45, 7) is 4.22. The predicted octanol–water partition coefficient (Wildman–Crippen LogP) is 3.60. The number of rotatable bonds is 1. The first-order chi connectivity index (χ1) is 6.74. The summed E-state index contributed by atoms with van der Waals surface area (Å²) < 4.78 is 2.24. The van der Waals surface area contributed by atoms with Gasteiger partial charge in [-0.15, -0.1) is 0 Å². The minimum absolute atomic E-state index is 1.30. The van der Waals surface area contributed by atoms with Gasteiger partial charge in [-0.25, -0.2) is 0 Å². The molecule has 1 nitrogen and oxygen atoms in total. The minimum Gasteiger partial charge on any atom is -0.344 e. The molecule has 1 aromatic heterocycles. The van der Waals surface area contributed by atoms with E-state index >= 15 is 0 Å². The maximum atomic E-state index is 2.24. The number of aryl methyl sites for hydroxylation is 1. The van der Waals surface area contributed by atoms with E-state index in [4.69, 9.17) is 0 Å². The molecule has 0 aliphatic heterocycles. The second-order valence-corrected chi connectivity index (χ2v) is 3.62. The normalized spacial score (nSPS) is 12.4. The minimum atomic E-state index is 1.30. The van der Waals surface area contributed by atoms with Gasteiger partial charge in [0.1, 0.15) is 0 Å². The number of para-hydroxylation sites is 1. The summed E-state index contributed by atoms with van der Waals surface area (Å²) in [5.74, 6) is 0. The molecule has 14 heavy (non-hydrogen) atoms. The third-order valence-electron chi connectivity index (χ3n) is 2.79. The Morgan fingerprint density at radius 1 is 1.29 bits per heavy atom. The van der Waals surface area contributed by atoms with Gasteiger partial charge in [-0.05, 0) is 31.6 Å². The number of fused-ring (bicyclic) bond motifs is 1. The molecule has 0 aliphatic carbocycles. The van der Waals surface area contributed by atoms with Crippen LogP contribution in [0, 0.1) is 0 Å². The number of hydrogen-bond donors (Lipinski definition) is 0. The van der Waals surface area contributed by atoms with Crippen LogP contribution in [-0.4, -0.2) is 4.57 Å². The molecule has 1 heteroatoms. The average Bonchev–Trinajstić information content (AvgIpc) is 2.56. The van der Waals surface area contributed by atoms with Crippen molar-refractivity contribution in [2.75, 3.05) is 0 Å². The van der Waals surface area contributed by atoms with E-state index in [2.05, 4.69) is 61.9 Å². The molecule has 0 bridgehead atoms. The van der Waals surface area contributed by atoms with Gasteiger partial charge in [0.2, 0.25) is 0 Å². The quantitative estimate of drug-likeness (QED) is 0.639. The maximum absolute atomic E-state index is 2.24. The molecule has 2 rings (SSSR count). The van der Waals surface area contributed by atoms with E-state index < -0.39 is 0 Å². The van der Waals surface area contributed by atoms with Crippen LogP contribution < -0.4 is 0 Å². The lowest BCUT2D eigenvalue weighted by atomic mass is 10.2. The van der Waals surface area contributed by atoms with Gasteiger partial charge in [0.05, 0.1) is 0 Å². The summed E-state index contributed by atoms with van der Waals surface area (Å²) in [4.78, 5) is 0. The number of benzene rings is 1. The Bertz CT molecular complexity index is 489. The molecule has 2 aromatic rings. The van der Waals surface area contributed by atoms with Crippen molar-refractivity contribution in [1.29, 1.82) is 0 Å². The molecule has 0 saturated carbocycles. The Hall–Kier alpha value is -1.50. The smallest absolute Gasteiger partial charge is 0.0482 e. The predicted molar refractivity (Wildman–Crippen MR) is 62.2 cm³/mol. The summed E-state index contributed by atoms with van der Waals surface area (Å²) in [5, 5.41) is 1.31. The van der Waals surface area contributed by atoms with Gasteiger partial charge in [0.25, 0.3) is 0 Å². The van der Waals surface area contributed by atoms with Gasteiger partial charge in [-0.1, -0.05) is 24.3 Å². The first-order valence-electron chi connectivity index (χ1n) is 4.92. The molecule has 0 aliphatic rings. The lowest BCUT2D eigenvalue weighted by Crippen LogP contribution is -1.92. The number of hydrogen-bond acceptors (Lipinski definition) is 0. The summed E-state index contributed by atoms with van der Waals surface area (Å²) >= 11 is 0. The fourth-order valence-corrected chi connectivity index (χ4v) is 1.82. The van der Waals surface area contributed by atoms with Crippen molar-refractivity contribution in [2.24, 2.45) is 7.05 Å². The highest BCUT2D eigenvalue weighted by molar-refractivity contribution is 5.85. The third kappa shape index (κ3) is 1.25. The van der Waals surface area contributed by atoms with Gasteiger partial charge >= 0.3 is 0 Å². The second-order valence-electron chi connectivity index (χ2n) is 3.62. The first-order valence-corrected chi connectivity index (χ1v) is 4.92. The highest BCUT2D eigenvalue weighted by atomic mass is 14.9. The zero-order valence-corrected chi connectivity index (χ0v) is 8.91. The van der Waals surface area contributed by atoms with Crippen LogP contribution in [0.15, 0.2) is 36.4 Å². The molecular weight excluding hydrogens is 170 g/mol. The molecule has 0 N–H and O–H groups in total. The van der Waals surface area contributed by atoms with Crippen LogP contribution in [0.5, 0.6) is 0 Å². The summed E-state index contributed by atoms with van der Waals surface area (Å²) in [6, 6.07) is 10.7. The highest BCUT2D eigenvalue weighted by Crippen LogP contribution is 2.23. The van der Waals surface area contributed by atoms with Crippen molar-refractivity contribution >= 4 is 16.5 Å². The van der Waals surface area contributed by atoms with E-state index in [9.17, 15) is 0 Å². The molecule has 0 amide bonds. The lowest BCUT2D eigenvalue weighted by molar-refractivity contribution is 0.946. The van der Waals surface area contributed by atoms with Crippen molar-refractivity contribution in [3.05, 3.63) is 42.1 Å². The first kappa shape index (κ1) is 9.07. The molecule has 0 unspecified atom stereocenters. The van der Waals surface area contributed by atoms with Crippen molar-refractivity contribution in [3.8, 4) is 0 Å². The monoisotopic (exact) mass is 185 g/mol. The van der Waals surface area contributed by atoms with Crippen molar-refractivity contribution in [2.45, 2.75) is 13.8 Å². The molecule has 0 fully saturated rings. The molecule has 0 spiro atoms. The fourth-order valence-electron chi connectivity index (χ4n) is 1.82. The van der Waals surface area contributed by atoms with Gasteiger partial charge < -0.3 is 4.57 Å². The Morgan fingerprint density at radius 2 is 2.00 bits per heavy atom. The standard InChI is InChI=1S/C13H15N/c1-4-10(2)13-9-11-7-5-6-8-12(11)14(13)3/h4-9H,1-3H3/b10-4+. The zero-order valence-electron chi connectivity index (χ0n) is 8.91. The SMILES string of the molecule is C/C=C(\C)c1cc2ccccc2n1C.